The van der Waals surface area contributed by atoms with E-state index in [-0.39, 0.29) is 16.3 Å². The number of hydrogen-bond donors (Lipinski definition) is 2. The van der Waals surface area contributed by atoms with Crippen molar-refractivity contribution in [2.45, 2.75) is 25.9 Å². The fourth-order valence-corrected chi connectivity index (χ4v) is 3.52. The molecule has 0 aliphatic heterocycles. The number of carboxylic acid groups (broad SMARTS) is 1. The molecule has 1 saturated carbocycles. The minimum Gasteiger partial charge on any atom is -0.481 e. The molecule has 1 amide bonds. The van der Waals surface area contributed by atoms with Gasteiger partial charge in [-0.25, -0.2) is 4.98 Å². The highest BCUT2D eigenvalue weighted by Crippen LogP contribution is 2.45. The Morgan fingerprint density at radius 2 is 2.04 bits per heavy atom. The van der Waals surface area contributed by atoms with Gasteiger partial charge in [-0.05, 0) is 37.5 Å². The lowest BCUT2D eigenvalue weighted by Gasteiger charge is -2.10. The molecule has 2 aromatic heterocycles. The molecule has 1 fully saturated rings. The Balaban J connectivity index is 1.85. The number of rotatable bonds is 4. The highest BCUT2D eigenvalue weighted by atomic mass is 32.1. The molecule has 2 aromatic rings. The normalized spacial score (nSPS) is 16.2. The van der Waals surface area contributed by atoms with Gasteiger partial charge in [0.25, 0.3) is 5.91 Å². The first kappa shape index (κ1) is 16.7. The van der Waals surface area contributed by atoms with Gasteiger partial charge < -0.3 is 10.4 Å². The van der Waals surface area contributed by atoms with Crippen molar-refractivity contribution in [3.8, 4) is 0 Å². The van der Waals surface area contributed by atoms with Gasteiger partial charge in [-0.15, -0.1) is 11.3 Å². The minimum absolute atomic E-state index is 0.0100. The predicted octanol–water partition coefficient (Wildman–Crippen LogP) is 3.22. The monoisotopic (exact) mass is 358 g/mol. The van der Waals surface area contributed by atoms with Crippen LogP contribution in [0, 0.1) is 12.3 Å². The number of pyridine rings is 1. The fraction of sp³-hybridized carbons (Fsp3) is 0.400. The van der Waals surface area contributed by atoms with Gasteiger partial charge in [-0.1, -0.05) is 0 Å². The molecule has 24 heavy (non-hydrogen) atoms. The van der Waals surface area contributed by atoms with Crippen molar-refractivity contribution in [2.24, 2.45) is 5.41 Å². The molecule has 0 bridgehead atoms. The van der Waals surface area contributed by atoms with Crippen LogP contribution < -0.4 is 5.32 Å². The largest absolute Gasteiger partial charge is 0.481 e. The van der Waals surface area contributed by atoms with Crippen molar-refractivity contribution in [2.75, 3.05) is 6.54 Å². The van der Waals surface area contributed by atoms with Gasteiger partial charge in [0.1, 0.15) is 10.5 Å². The van der Waals surface area contributed by atoms with Crippen LogP contribution in [0.2, 0.25) is 0 Å². The second-order valence-corrected chi connectivity index (χ2v) is 6.87. The van der Waals surface area contributed by atoms with Crippen LogP contribution in [0.1, 0.15) is 33.8 Å². The maximum absolute atomic E-state index is 12.7. The van der Waals surface area contributed by atoms with Crippen LogP contribution >= 0.6 is 11.3 Å². The van der Waals surface area contributed by atoms with Gasteiger partial charge in [-0.3, -0.25) is 9.59 Å². The molecular formula is C15H13F3N2O3S. The summed E-state index contributed by atoms with van der Waals surface area (Å²) in [4.78, 5) is 27.3. The lowest BCUT2D eigenvalue weighted by Crippen LogP contribution is -2.34. The number of nitrogens with one attached hydrogen (secondary N) is 1. The molecule has 9 heteroatoms. The van der Waals surface area contributed by atoms with Gasteiger partial charge in [0, 0.05) is 11.9 Å². The lowest BCUT2D eigenvalue weighted by molar-refractivity contribution is -0.143. The SMILES string of the molecule is Cc1c(C(=O)NCC2(C(=O)O)CC2)sc2nc(C(F)(F)F)ccc12. The predicted molar refractivity (Wildman–Crippen MR) is 81.0 cm³/mol. The zero-order chi connectivity index (χ0) is 17.7. The summed E-state index contributed by atoms with van der Waals surface area (Å²) in [7, 11) is 0. The Morgan fingerprint density at radius 3 is 2.58 bits per heavy atom. The first-order valence-electron chi connectivity index (χ1n) is 7.13. The summed E-state index contributed by atoms with van der Waals surface area (Å²) in [6, 6.07) is 2.18. The number of carboxylic acids is 1. The molecular weight excluding hydrogens is 345 g/mol. The molecule has 0 atom stereocenters. The van der Waals surface area contributed by atoms with Crippen LogP contribution in [0.25, 0.3) is 10.2 Å². The van der Waals surface area contributed by atoms with Crippen LogP contribution in [0.4, 0.5) is 13.2 Å². The second-order valence-electron chi connectivity index (χ2n) is 5.87. The van der Waals surface area contributed by atoms with Crippen molar-refractivity contribution in [3.05, 3.63) is 28.3 Å². The van der Waals surface area contributed by atoms with Gasteiger partial charge in [0.15, 0.2) is 0 Å². The Kier molecular flexibility index (Phi) is 3.78. The number of carbonyl (C=O) groups excluding carboxylic acids is 1. The van der Waals surface area contributed by atoms with E-state index < -0.39 is 29.2 Å². The standard InChI is InChI=1S/C15H13F3N2O3S/c1-7-8-2-3-9(15(16,17)18)20-12(8)24-10(7)11(21)19-6-14(4-5-14)13(22)23/h2-3H,4-6H2,1H3,(H,19,21)(H,22,23). The molecule has 3 rings (SSSR count). The molecule has 0 aromatic carbocycles. The fourth-order valence-electron chi connectivity index (χ4n) is 2.42. The molecule has 0 spiro atoms. The third-order valence-electron chi connectivity index (χ3n) is 4.19. The maximum Gasteiger partial charge on any atom is 0.433 e. The third kappa shape index (κ3) is 2.83. The van der Waals surface area contributed by atoms with E-state index >= 15 is 0 Å². The van der Waals surface area contributed by atoms with Gasteiger partial charge in [0.05, 0.1) is 10.3 Å². The smallest absolute Gasteiger partial charge is 0.433 e. The van der Waals surface area contributed by atoms with Crippen LogP contribution in [0.3, 0.4) is 0 Å². The zero-order valence-electron chi connectivity index (χ0n) is 12.5. The number of aromatic nitrogens is 1. The van der Waals surface area contributed by atoms with Crippen LogP contribution in [0.5, 0.6) is 0 Å². The first-order chi connectivity index (χ1) is 11.1. The van der Waals surface area contributed by atoms with Crippen LogP contribution in [-0.2, 0) is 11.0 Å². The summed E-state index contributed by atoms with van der Waals surface area (Å²) < 4.78 is 38.2. The number of thiophene rings is 1. The number of fused-ring (bicyclic) bond motifs is 1. The van der Waals surface area contributed by atoms with Gasteiger partial charge >= 0.3 is 12.1 Å². The van der Waals surface area contributed by atoms with Crippen molar-refractivity contribution in [3.63, 3.8) is 0 Å². The van der Waals surface area contributed by atoms with E-state index in [9.17, 15) is 22.8 Å². The summed E-state index contributed by atoms with van der Waals surface area (Å²) >= 11 is 0.871. The Bertz CT molecular complexity index is 840. The van der Waals surface area contributed by atoms with Crippen molar-refractivity contribution >= 4 is 33.4 Å². The van der Waals surface area contributed by atoms with Crippen molar-refractivity contribution in [1.82, 2.24) is 10.3 Å². The molecule has 5 nitrogen and oxygen atoms in total. The topological polar surface area (TPSA) is 79.3 Å². The number of aliphatic carboxylic acids is 1. The first-order valence-corrected chi connectivity index (χ1v) is 7.95. The Morgan fingerprint density at radius 1 is 1.38 bits per heavy atom. The van der Waals surface area contributed by atoms with Crippen molar-refractivity contribution < 1.29 is 27.9 Å². The number of carbonyl (C=O) groups is 2. The minimum atomic E-state index is -4.55. The Hall–Kier alpha value is -2.16. The van der Waals surface area contributed by atoms with E-state index in [2.05, 4.69) is 10.3 Å². The maximum atomic E-state index is 12.7. The lowest BCUT2D eigenvalue weighted by atomic mass is 10.1. The quantitative estimate of drug-likeness (QED) is 0.880. The summed E-state index contributed by atoms with van der Waals surface area (Å²) in [6.07, 6.45) is -3.54. The Labute approximate surface area is 138 Å². The molecule has 2 N–H and O–H groups in total. The number of hydrogen-bond acceptors (Lipinski definition) is 4. The highest BCUT2D eigenvalue weighted by Gasteiger charge is 2.50. The van der Waals surface area contributed by atoms with Crippen LogP contribution in [0.15, 0.2) is 12.1 Å². The summed E-state index contributed by atoms with van der Waals surface area (Å²) in [5.41, 5.74) is -1.37. The summed E-state index contributed by atoms with van der Waals surface area (Å²) in [5, 5.41) is 12.2. The third-order valence-corrected chi connectivity index (χ3v) is 5.40. The van der Waals surface area contributed by atoms with E-state index in [4.69, 9.17) is 5.11 Å². The highest BCUT2D eigenvalue weighted by molar-refractivity contribution is 7.20. The zero-order valence-corrected chi connectivity index (χ0v) is 13.3. The number of amides is 1. The molecule has 0 saturated heterocycles. The second kappa shape index (κ2) is 5.44. The van der Waals surface area contributed by atoms with Gasteiger partial charge in [0.2, 0.25) is 0 Å². The molecule has 128 valence electrons. The van der Waals surface area contributed by atoms with E-state index in [1.165, 1.54) is 6.07 Å². The molecule has 1 aliphatic carbocycles. The van der Waals surface area contributed by atoms with Crippen LogP contribution in [-0.4, -0.2) is 28.5 Å². The number of nitrogens with zero attached hydrogens (tertiary/aromatic N) is 1. The average molecular weight is 358 g/mol. The molecule has 2 heterocycles. The summed E-state index contributed by atoms with van der Waals surface area (Å²) in [5.74, 6) is -1.44. The number of aryl methyl sites for hydroxylation is 1. The van der Waals surface area contributed by atoms with E-state index in [0.29, 0.717) is 23.8 Å². The van der Waals surface area contributed by atoms with Crippen molar-refractivity contribution in [1.29, 1.82) is 0 Å². The molecule has 0 unspecified atom stereocenters. The number of alkyl halides is 3. The van der Waals surface area contributed by atoms with E-state index in [1.54, 1.807) is 6.92 Å². The number of halogens is 3. The summed E-state index contributed by atoms with van der Waals surface area (Å²) in [6.45, 7) is 1.64. The average Bonchev–Trinajstić information content (AvgIpc) is 3.23. The van der Waals surface area contributed by atoms with E-state index in [0.717, 1.165) is 17.4 Å². The molecule has 0 radical (unpaired) electrons. The van der Waals surface area contributed by atoms with E-state index in [1.807, 2.05) is 0 Å². The molecule has 1 aliphatic rings. The van der Waals surface area contributed by atoms with Gasteiger partial charge in [-0.2, -0.15) is 13.2 Å².